The van der Waals surface area contributed by atoms with Crippen molar-refractivity contribution in [1.82, 2.24) is 4.98 Å². The molecule has 1 fully saturated rings. The first-order chi connectivity index (χ1) is 6.79. The van der Waals surface area contributed by atoms with Gasteiger partial charge < -0.3 is 4.90 Å². The van der Waals surface area contributed by atoms with Crippen LogP contribution < -0.4 is 4.90 Å². The minimum atomic E-state index is 0.580. The molecule has 1 aromatic heterocycles. The second kappa shape index (κ2) is 4.18. The van der Waals surface area contributed by atoms with E-state index in [1.165, 1.54) is 12.8 Å². The van der Waals surface area contributed by atoms with E-state index >= 15 is 0 Å². The van der Waals surface area contributed by atoms with Gasteiger partial charge in [0.25, 0.3) is 0 Å². The van der Waals surface area contributed by atoms with Gasteiger partial charge in [0.15, 0.2) is 0 Å². The van der Waals surface area contributed by atoms with Gasteiger partial charge in [-0.1, -0.05) is 17.7 Å². The van der Waals surface area contributed by atoms with Gasteiger partial charge in [-0.15, -0.1) is 0 Å². The van der Waals surface area contributed by atoms with Crippen LogP contribution in [0.15, 0.2) is 18.2 Å². The highest BCUT2D eigenvalue weighted by Crippen LogP contribution is 2.31. The second-order valence-electron chi connectivity index (χ2n) is 3.80. The van der Waals surface area contributed by atoms with Crippen LogP contribution in [0.4, 0.5) is 5.82 Å². The van der Waals surface area contributed by atoms with E-state index in [2.05, 4.69) is 16.8 Å². The third-order valence-electron chi connectivity index (χ3n) is 2.58. The molecule has 0 aromatic carbocycles. The maximum absolute atomic E-state index is 5.86. The molecule has 14 heavy (non-hydrogen) atoms. The van der Waals surface area contributed by atoms with Gasteiger partial charge in [0.05, 0.1) is 0 Å². The van der Waals surface area contributed by atoms with Crippen molar-refractivity contribution in [2.75, 3.05) is 18.0 Å². The smallest absolute Gasteiger partial charge is 0.131 e. The van der Waals surface area contributed by atoms with E-state index in [1.807, 2.05) is 18.2 Å². The van der Waals surface area contributed by atoms with E-state index in [0.29, 0.717) is 5.15 Å². The van der Waals surface area contributed by atoms with Crippen LogP contribution in [0, 0.1) is 5.92 Å². The summed E-state index contributed by atoms with van der Waals surface area (Å²) < 4.78 is 0. The van der Waals surface area contributed by atoms with E-state index in [4.69, 9.17) is 11.6 Å². The summed E-state index contributed by atoms with van der Waals surface area (Å²) in [7, 11) is 0. The highest BCUT2D eigenvalue weighted by atomic mass is 35.5. The third-order valence-corrected chi connectivity index (χ3v) is 2.79. The first-order valence-electron chi connectivity index (χ1n) is 5.17. The summed E-state index contributed by atoms with van der Waals surface area (Å²) in [6.45, 7) is 4.29. The summed E-state index contributed by atoms with van der Waals surface area (Å²) in [5.41, 5.74) is 0. The van der Waals surface area contributed by atoms with Crippen molar-refractivity contribution in [2.24, 2.45) is 5.92 Å². The fourth-order valence-corrected chi connectivity index (χ4v) is 1.73. The molecule has 76 valence electrons. The number of nitrogens with zero attached hydrogens (tertiary/aromatic N) is 2. The van der Waals surface area contributed by atoms with E-state index < -0.39 is 0 Å². The van der Waals surface area contributed by atoms with Crippen LogP contribution in [-0.2, 0) is 0 Å². The third kappa shape index (κ3) is 2.38. The molecule has 1 aromatic rings. The SMILES string of the molecule is CCN(CC1CC1)c1cccc(Cl)n1. The van der Waals surface area contributed by atoms with E-state index in [1.54, 1.807) is 0 Å². The van der Waals surface area contributed by atoms with Crippen molar-refractivity contribution in [3.63, 3.8) is 0 Å². The summed E-state index contributed by atoms with van der Waals surface area (Å²) >= 11 is 5.86. The Hall–Kier alpha value is -0.760. The number of anilines is 1. The van der Waals surface area contributed by atoms with E-state index in [0.717, 1.165) is 24.8 Å². The number of pyridine rings is 1. The molecule has 1 heterocycles. The molecule has 1 aliphatic carbocycles. The number of rotatable bonds is 4. The number of halogens is 1. The predicted octanol–water partition coefficient (Wildman–Crippen LogP) is 2.97. The minimum Gasteiger partial charge on any atom is -0.357 e. The maximum Gasteiger partial charge on any atom is 0.131 e. The van der Waals surface area contributed by atoms with Gasteiger partial charge in [0.2, 0.25) is 0 Å². The van der Waals surface area contributed by atoms with Gasteiger partial charge in [-0.2, -0.15) is 0 Å². The fraction of sp³-hybridized carbons (Fsp3) is 0.545. The first-order valence-corrected chi connectivity index (χ1v) is 5.55. The van der Waals surface area contributed by atoms with Crippen molar-refractivity contribution in [3.8, 4) is 0 Å². The molecular formula is C11H15ClN2. The van der Waals surface area contributed by atoms with Crippen molar-refractivity contribution in [2.45, 2.75) is 19.8 Å². The molecular weight excluding hydrogens is 196 g/mol. The van der Waals surface area contributed by atoms with E-state index in [9.17, 15) is 0 Å². The minimum absolute atomic E-state index is 0.580. The Kier molecular flexibility index (Phi) is 2.92. The van der Waals surface area contributed by atoms with Crippen molar-refractivity contribution in [1.29, 1.82) is 0 Å². The molecule has 0 atom stereocenters. The zero-order valence-electron chi connectivity index (χ0n) is 8.41. The fourth-order valence-electron chi connectivity index (χ4n) is 1.57. The van der Waals surface area contributed by atoms with Crippen LogP contribution in [0.3, 0.4) is 0 Å². The Labute approximate surface area is 89.9 Å². The average molecular weight is 211 g/mol. The van der Waals surface area contributed by atoms with Gasteiger partial charge in [-0.3, -0.25) is 0 Å². The molecule has 3 heteroatoms. The molecule has 0 unspecified atom stereocenters. The van der Waals surface area contributed by atoms with Crippen LogP contribution in [0.2, 0.25) is 5.15 Å². The van der Waals surface area contributed by atoms with Crippen LogP contribution in [-0.4, -0.2) is 18.1 Å². The molecule has 0 spiro atoms. The largest absolute Gasteiger partial charge is 0.357 e. The molecule has 0 N–H and O–H groups in total. The molecule has 2 rings (SSSR count). The summed E-state index contributed by atoms with van der Waals surface area (Å²) in [6.07, 6.45) is 2.74. The van der Waals surface area contributed by atoms with Crippen molar-refractivity contribution in [3.05, 3.63) is 23.4 Å². The zero-order valence-corrected chi connectivity index (χ0v) is 9.17. The Morgan fingerprint density at radius 3 is 2.86 bits per heavy atom. The van der Waals surface area contributed by atoms with Crippen LogP contribution in [0.1, 0.15) is 19.8 Å². The van der Waals surface area contributed by atoms with Crippen LogP contribution in [0.5, 0.6) is 0 Å². The summed E-state index contributed by atoms with van der Waals surface area (Å²) in [6, 6.07) is 5.80. The van der Waals surface area contributed by atoms with Gasteiger partial charge in [0, 0.05) is 13.1 Å². The first kappa shape index (κ1) is 9.78. The Morgan fingerprint density at radius 2 is 2.29 bits per heavy atom. The molecule has 1 saturated carbocycles. The Bertz CT molecular complexity index is 310. The molecule has 2 nitrogen and oxygen atoms in total. The second-order valence-corrected chi connectivity index (χ2v) is 4.19. The summed E-state index contributed by atoms with van der Waals surface area (Å²) in [5.74, 6) is 1.89. The Balaban J connectivity index is 2.08. The predicted molar refractivity (Wildman–Crippen MR) is 59.9 cm³/mol. The Morgan fingerprint density at radius 1 is 1.50 bits per heavy atom. The lowest BCUT2D eigenvalue weighted by atomic mass is 10.3. The van der Waals surface area contributed by atoms with Crippen LogP contribution >= 0.6 is 11.6 Å². The van der Waals surface area contributed by atoms with Gasteiger partial charge >= 0.3 is 0 Å². The van der Waals surface area contributed by atoms with Gasteiger partial charge in [-0.05, 0) is 37.8 Å². The molecule has 0 radical (unpaired) electrons. The average Bonchev–Trinajstić information content (AvgIpc) is 2.98. The quantitative estimate of drug-likeness (QED) is 0.711. The lowest BCUT2D eigenvalue weighted by Crippen LogP contribution is -2.26. The van der Waals surface area contributed by atoms with Crippen molar-refractivity contribution >= 4 is 17.4 Å². The number of aromatic nitrogens is 1. The topological polar surface area (TPSA) is 16.1 Å². The molecule has 0 amide bonds. The highest BCUT2D eigenvalue weighted by Gasteiger charge is 2.24. The number of hydrogen-bond acceptors (Lipinski definition) is 2. The van der Waals surface area contributed by atoms with Gasteiger partial charge in [0.1, 0.15) is 11.0 Å². The van der Waals surface area contributed by atoms with E-state index in [-0.39, 0.29) is 0 Å². The zero-order chi connectivity index (χ0) is 9.97. The molecule has 0 saturated heterocycles. The number of hydrogen-bond donors (Lipinski definition) is 0. The lowest BCUT2D eigenvalue weighted by molar-refractivity contribution is 0.732. The normalized spacial score (nSPS) is 15.6. The van der Waals surface area contributed by atoms with Crippen molar-refractivity contribution < 1.29 is 0 Å². The highest BCUT2D eigenvalue weighted by molar-refractivity contribution is 6.29. The summed E-state index contributed by atoms with van der Waals surface area (Å²) in [4.78, 5) is 6.61. The van der Waals surface area contributed by atoms with Gasteiger partial charge in [-0.25, -0.2) is 4.98 Å². The standard InChI is InChI=1S/C11H15ClN2/c1-2-14(8-9-6-7-9)11-5-3-4-10(12)13-11/h3-5,9H,2,6-8H2,1H3. The molecule has 0 bridgehead atoms. The monoisotopic (exact) mass is 210 g/mol. The van der Waals surface area contributed by atoms with Crippen LogP contribution in [0.25, 0.3) is 0 Å². The summed E-state index contributed by atoms with van der Waals surface area (Å²) in [5, 5.41) is 0.580. The molecule has 0 aliphatic heterocycles. The lowest BCUT2D eigenvalue weighted by Gasteiger charge is -2.21. The molecule has 1 aliphatic rings. The maximum atomic E-state index is 5.86.